The van der Waals surface area contributed by atoms with Crippen LogP contribution < -0.4 is 10.2 Å². The van der Waals surface area contributed by atoms with Gasteiger partial charge in [0, 0.05) is 51.8 Å². The topological polar surface area (TPSA) is 72.2 Å². The van der Waals surface area contributed by atoms with Crippen molar-refractivity contribution in [1.29, 1.82) is 0 Å². The van der Waals surface area contributed by atoms with Crippen molar-refractivity contribution in [3.63, 3.8) is 0 Å². The van der Waals surface area contributed by atoms with Crippen molar-refractivity contribution < 1.29 is 9.59 Å². The Hall–Kier alpha value is -2.83. The standard InChI is InChI=1S/C18H23N5O2/c1-3-9-19-16(24)7-8-18(25)22-11-5-12-23-17(22)13-14(20-23)15-6-4-10-21(15)2/h3-4,6,10,13H,1,5,7-9,11-12H2,2H3,(H,19,24). The fraction of sp³-hybridized carbons (Fsp3) is 0.389. The number of carbonyl (C=O) groups excluding carboxylic acids is 2. The van der Waals surface area contributed by atoms with Gasteiger partial charge in [-0.1, -0.05) is 6.08 Å². The van der Waals surface area contributed by atoms with Crippen LogP contribution in [0.2, 0.25) is 0 Å². The fourth-order valence-corrected chi connectivity index (χ4v) is 3.02. The summed E-state index contributed by atoms with van der Waals surface area (Å²) in [4.78, 5) is 26.0. The molecule has 3 heterocycles. The van der Waals surface area contributed by atoms with E-state index < -0.39 is 0 Å². The maximum Gasteiger partial charge on any atom is 0.228 e. The normalized spacial score (nSPS) is 13.4. The second-order valence-electron chi connectivity index (χ2n) is 6.11. The van der Waals surface area contributed by atoms with Crippen molar-refractivity contribution in [2.45, 2.75) is 25.8 Å². The highest BCUT2D eigenvalue weighted by Gasteiger charge is 2.25. The summed E-state index contributed by atoms with van der Waals surface area (Å²) in [6, 6.07) is 5.92. The number of amides is 2. The van der Waals surface area contributed by atoms with Gasteiger partial charge in [0.1, 0.15) is 11.5 Å². The first-order valence-electron chi connectivity index (χ1n) is 8.47. The highest BCUT2D eigenvalue weighted by molar-refractivity contribution is 5.95. The van der Waals surface area contributed by atoms with Gasteiger partial charge < -0.3 is 9.88 Å². The number of rotatable bonds is 6. The van der Waals surface area contributed by atoms with Crippen molar-refractivity contribution in [1.82, 2.24) is 19.7 Å². The molecule has 1 N–H and O–H groups in total. The van der Waals surface area contributed by atoms with E-state index in [0.717, 1.165) is 30.2 Å². The van der Waals surface area contributed by atoms with Gasteiger partial charge in [0.15, 0.2) is 0 Å². The molecule has 132 valence electrons. The summed E-state index contributed by atoms with van der Waals surface area (Å²) in [6.45, 7) is 5.43. The second-order valence-corrected chi connectivity index (χ2v) is 6.11. The van der Waals surface area contributed by atoms with E-state index in [1.54, 1.807) is 11.0 Å². The van der Waals surface area contributed by atoms with E-state index in [0.29, 0.717) is 13.1 Å². The molecule has 0 fully saturated rings. The molecule has 2 aromatic rings. The van der Waals surface area contributed by atoms with Crippen LogP contribution in [0.5, 0.6) is 0 Å². The molecule has 1 aliphatic rings. The molecule has 25 heavy (non-hydrogen) atoms. The van der Waals surface area contributed by atoms with Crippen molar-refractivity contribution in [2.75, 3.05) is 18.0 Å². The predicted molar refractivity (Wildman–Crippen MR) is 96.0 cm³/mol. The van der Waals surface area contributed by atoms with Crippen LogP contribution in [0.4, 0.5) is 5.82 Å². The van der Waals surface area contributed by atoms with E-state index >= 15 is 0 Å². The summed E-state index contributed by atoms with van der Waals surface area (Å²) in [6.07, 6.45) is 4.82. The van der Waals surface area contributed by atoms with E-state index in [4.69, 9.17) is 0 Å². The van der Waals surface area contributed by atoms with Gasteiger partial charge in [-0.05, 0) is 18.6 Å². The fourth-order valence-electron chi connectivity index (χ4n) is 3.02. The molecule has 2 amide bonds. The van der Waals surface area contributed by atoms with Crippen LogP contribution in [0.1, 0.15) is 19.3 Å². The molecular formula is C18H23N5O2. The molecule has 0 aromatic carbocycles. The minimum Gasteiger partial charge on any atom is -0.353 e. The van der Waals surface area contributed by atoms with Gasteiger partial charge in [-0.3, -0.25) is 14.5 Å². The highest BCUT2D eigenvalue weighted by Crippen LogP contribution is 2.28. The Morgan fingerprint density at radius 1 is 1.36 bits per heavy atom. The largest absolute Gasteiger partial charge is 0.353 e. The smallest absolute Gasteiger partial charge is 0.228 e. The molecule has 7 heteroatoms. The summed E-state index contributed by atoms with van der Waals surface area (Å²) in [5.41, 5.74) is 1.86. The Bertz CT molecular complexity index is 789. The monoisotopic (exact) mass is 341 g/mol. The van der Waals surface area contributed by atoms with Gasteiger partial charge in [0.05, 0.1) is 5.69 Å². The minimum atomic E-state index is -0.136. The molecule has 2 aromatic heterocycles. The molecule has 0 aliphatic carbocycles. The molecule has 0 radical (unpaired) electrons. The van der Waals surface area contributed by atoms with Crippen molar-refractivity contribution >= 4 is 17.6 Å². The molecule has 3 rings (SSSR count). The van der Waals surface area contributed by atoms with Gasteiger partial charge in [-0.2, -0.15) is 5.10 Å². The summed E-state index contributed by atoms with van der Waals surface area (Å²) in [7, 11) is 1.97. The SMILES string of the molecule is C=CCNC(=O)CCC(=O)N1CCCn2nc(-c3cccn3C)cc21. The van der Waals surface area contributed by atoms with Crippen LogP contribution in [0.15, 0.2) is 37.1 Å². The molecule has 0 unspecified atom stereocenters. The van der Waals surface area contributed by atoms with Crippen LogP contribution in [-0.2, 0) is 23.2 Å². The predicted octanol–water partition coefficient (Wildman–Crippen LogP) is 1.71. The zero-order chi connectivity index (χ0) is 17.8. The van der Waals surface area contributed by atoms with Crippen LogP contribution in [-0.4, -0.2) is 39.3 Å². The van der Waals surface area contributed by atoms with E-state index in [1.807, 2.05) is 40.7 Å². The maximum absolute atomic E-state index is 12.6. The Morgan fingerprint density at radius 3 is 2.92 bits per heavy atom. The number of fused-ring (bicyclic) bond motifs is 1. The van der Waals surface area contributed by atoms with E-state index in [1.165, 1.54) is 0 Å². The molecule has 0 atom stereocenters. The Kier molecular flexibility index (Phi) is 5.02. The van der Waals surface area contributed by atoms with E-state index in [-0.39, 0.29) is 24.7 Å². The first-order chi connectivity index (χ1) is 12.1. The average molecular weight is 341 g/mol. The Labute approximate surface area is 146 Å². The third-order valence-electron chi connectivity index (χ3n) is 4.30. The first-order valence-corrected chi connectivity index (χ1v) is 8.47. The average Bonchev–Trinajstić information content (AvgIpc) is 3.22. The van der Waals surface area contributed by atoms with Gasteiger partial charge in [0.2, 0.25) is 11.8 Å². The van der Waals surface area contributed by atoms with Crippen molar-refractivity contribution in [2.24, 2.45) is 7.05 Å². The van der Waals surface area contributed by atoms with E-state index in [2.05, 4.69) is 17.0 Å². The lowest BCUT2D eigenvalue weighted by molar-refractivity contribution is -0.125. The van der Waals surface area contributed by atoms with Gasteiger partial charge in [-0.25, -0.2) is 4.68 Å². The molecule has 7 nitrogen and oxygen atoms in total. The molecule has 0 saturated carbocycles. The quantitative estimate of drug-likeness (QED) is 0.813. The van der Waals surface area contributed by atoms with Crippen LogP contribution in [0.25, 0.3) is 11.4 Å². The van der Waals surface area contributed by atoms with E-state index in [9.17, 15) is 9.59 Å². The summed E-state index contributed by atoms with van der Waals surface area (Å²) < 4.78 is 3.88. The number of nitrogens with zero attached hydrogens (tertiary/aromatic N) is 4. The third-order valence-corrected chi connectivity index (χ3v) is 4.30. The lowest BCUT2D eigenvalue weighted by atomic mass is 10.2. The third kappa shape index (κ3) is 3.65. The van der Waals surface area contributed by atoms with Crippen molar-refractivity contribution in [3.8, 4) is 11.4 Å². The van der Waals surface area contributed by atoms with Crippen LogP contribution >= 0.6 is 0 Å². The summed E-state index contributed by atoms with van der Waals surface area (Å²) in [5, 5.41) is 7.32. The number of hydrogen-bond acceptors (Lipinski definition) is 3. The Balaban J connectivity index is 1.72. The molecule has 1 aliphatic heterocycles. The highest BCUT2D eigenvalue weighted by atomic mass is 16.2. The lowest BCUT2D eigenvalue weighted by Crippen LogP contribution is -2.38. The summed E-state index contributed by atoms with van der Waals surface area (Å²) in [5.74, 6) is 0.621. The number of anilines is 1. The maximum atomic E-state index is 12.6. The summed E-state index contributed by atoms with van der Waals surface area (Å²) >= 11 is 0. The molecule has 0 saturated heterocycles. The van der Waals surface area contributed by atoms with Crippen LogP contribution in [0, 0.1) is 0 Å². The second kappa shape index (κ2) is 7.38. The van der Waals surface area contributed by atoms with Gasteiger partial charge in [0.25, 0.3) is 0 Å². The lowest BCUT2D eigenvalue weighted by Gasteiger charge is -2.27. The number of aryl methyl sites for hydroxylation is 2. The zero-order valence-electron chi connectivity index (χ0n) is 14.4. The molecule has 0 bridgehead atoms. The van der Waals surface area contributed by atoms with Crippen molar-refractivity contribution in [3.05, 3.63) is 37.1 Å². The number of carbonyl (C=O) groups is 2. The van der Waals surface area contributed by atoms with Gasteiger partial charge in [-0.15, -0.1) is 6.58 Å². The van der Waals surface area contributed by atoms with Crippen LogP contribution in [0.3, 0.4) is 0 Å². The number of hydrogen-bond donors (Lipinski definition) is 1. The molecule has 0 spiro atoms. The minimum absolute atomic E-state index is 0.0481. The number of aromatic nitrogens is 3. The number of nitrogens with one attached hydrogen (secondary N) is 1. The first kappa shape index (κ1) is 17.0. The Morgan fingerprint density at radius 2 is 2.20 bits per heavy atom. The molecular weight excluding hydrogens is 318 g/mol. The zero-order valence-corrected chi connectivity index (χ0v) is 14.4. The van der Waals surface area contributed by atoms with Gasteiger partial charge >= 0.3 is 0 Å².